The number of hydrogen-bond acceptors (Lipinski definition) is 5. The molecule has 0 aliphatic rings. The second-order valence-corrected chi connectivity index (χ2v) is 4.26. The molecule has 0 aromatic heterocycles. The van der Waals surface area contributed by atoms with E-state index in [2.05, 4.69) is 0 Å². The Kier molecular flexibility index (Phi) is 5.88. The van der Waals surface area contributed by atoms with E-state index in [0.29, 0.717) is 5.56 Å². The molecule has 0 fully saturated rings. The second kappa shape index (κ2) is 5.95. The number of benzene rings is 1. The molecule has 82 valence electrons. The molecule has 9 heteroatoms. The molecule has 0 unspecified atom stereocenters. The Labute approximate surface area is 119 Å². The number of hydrogen-bond donors (Lipinski definition) is 0. The molecule has 1 aromatic rings. The molecule has 6 nitrogen and oxygen atoms in total. The van der Waals surface area contributed by atoms with Gasteiger partial charge in [-0.1, -0.05) is 6.07 Å². The first kappa shape index (κ1) is 15.8. The zero-order valence-electron chi connectivity index (χ0n) is 8.21. The van der Waals surface area contributed by atoms with Gasteiger partial charge in [0.25, 0.3) is 5.69 Å². The summed E-state index contributed by atoms with van der Waals surface area (Å²) in [6.45, 7) is 0. The Hall–Kier alpha value is -0.180. The van der Waals surface area contributed by atoms with E-state index >= 15 is 0 Å². The third-order valence-electron chi connectivity index (χ3n) is 1.64. The molecule has 0 atom stereocenters. The van der Waals surface area contributed by atoms with E-state index < -0.39 is 25.6 Å². The van der Waals surface area contributed by atoms with Gasteiger partial charge in [-0.25, -0.2) is 8.42 Å². The minimum Gasteiger partial charge on any atom is -0.744 e. The minimum absolute atomic E-state index is 0. The van der Waals surface area contributed by atoms with Crippen molar-refractivity contribution in [2.75, 3.05) is 0 Å². The van der Waals surface area contributed by atoms with E-state index in [1.54, 1.807) is 0 Å². The summed E-state index contributed by atoms with van der Waals surface area (Å²) in [5.41, 5.74) is -0.407. The van der Waals surface area contributed by atoms with E-state index in [4.69, 9.17) is 11.6 Å². The maximum Gasteiger partial charge on any atom is 1.00 e. The van der Waals surface area contributed by atoms with Gasteiger partial charge >= 0.3 is 29.6 Å². The van der Waals surface area contributed by atoms with Gasteiger partial charge in [-0.2, -0.15) is 0 Å². The molecule has 16 heavy (non-hydrogen) atoms. The van der Waals surface area contributed by atoms with Crippen LogP contribution in [0.1, 0.15) is 5.56 Å². The zero-order valence-corrected chi connectivity index (χ0v) is 11.8. The fourth-order valence-corrected chi connectivity index (χ4v) is 1.85. The molecule has 0 bridgehead atoms. The maximum absolute atomic E-state index is 10.7. The quantitative estimate of drug-likeness (QED) is 0.214. The summed E-state index contributed by atoms with van der Waals surface area (Å²) in [6.07, 6.45) is 0. The van der Waals surface area contributed by atoms with Gasteiger partial charge in [0.15, 0.2) is 0 Å². The Morgan fingerprint density at radius 3 is 2.31 bits per heavy atom. The van der Waals surface area contributed by atoms with Crippen molar-refractivity contribution in [2.24, 2.45) is 0 Å². The first-order valence-corrected chi connectivity index (χ1v) is 5.59. The summed E-state index contributed by atoms with van der Waals surface area (Å²) in [5, 5.41) is 10.4. The molecular weight excluding hydrogens is 269 g/mol. The van der Waals surface area contributed by atoms with Gasteiger partial charge < -0.3 is 4.55 Å². The Morgan fingerprint density at radius 2 is 1.94 bits per heavy atom. The van der Waals surface area contributed by atoms with Gasteiger partial charge in [0.1, 0.15) is 15.0 Å². The number of halogens is 1. The van der Waals surface area contributed by atoms with Crippen LogP contribution in [0.4, 0.5) is 5.69 Å². The van der Waals surface area contributed by atoms with Crippen molar-refractivity contribution >= 4 is 27.4 Å². The standard InChI is InChI=1S/C7H6ClNO5S.Na/c8-4-5-1-2-6(9(10)11)7(3-5)15(12,13)14;/h1-3H,4H2,(H,12,13,14);/q;+1/p-1. The van der Waals surface area contributed by atoms with Crippen molar-refractivity contribution in [3.8, 4) is 0 Å². The van der Waals surface area contributed by atoms with E-state index in [0.717, 1.165) is 12.1 Å². The van der Waals surface area contributed by atoms with Crippen molar-refractivity contribution in [3.05, 3.63) is 33.9 Å². The Morgan fingerprint density at radius 1 is 1.38 bits per heavy atom. The molecule has 1 aromatic carbocycles. The van der Waals surface area contributed by atoms with E-state index in [-0.39, 0.29) is 35.4 Å². The summed E-state index contributed by atoms with van der Waals surface area (Å²) in [6, 6.07) is 3.15. The predicted molar refractivity (Wildman–Crippen MR) is 50.6 cm³/mol. The molecule has 0 aliphatic carbocycles. The van der Waals surface area contributed by atoms with Gasteiger partial charge in [-0.3, -0.25) is 10.1 Å². The molecule has 0 radical (unpaired) electrons. The summed E-state index contributed by atoms with van der Waals surface area (Å²) in [4.78, 5) is 8.65. The van der Waals surface area contributed by atoms with E-state index in [1.807, 2.05) is 0 Å². The molecule has 0 saturated carbocycles. The molecule has 1 rings (SSSR count). The second-order valence-electron chi connectivity index (χ2n) is 2.65. The van der Waals surface area contributed by atoms with Crippen LogP contribution in [0, 0.1) is 10.1 Å². The minimum atomic E-state index is -4.86. The van der Waals surface area contributed by atoms with Crippen molar-refractivity contribution in [2.45, 2.75) is 10.8 Å². The smallest absolute Gasteiger partial charge is 0.744 e. The van der Waals surface area contributed by atoms with Crippen LogP contribution in [0.3, 0.4) is 0 Å². The number of nitrogens with zero attached hydrogens (tertiary/aromatic N) is 1. The van der Waals surface area contributed by atoms with Gasteiger partial charge in [0.2, 0.25) is 0 Å². The third kappa shape index (κ3) is 3.69. The first-order valence-electron chi connectivity index (χ1n) is 3.65. The molecular formula is C7H5ClNNaO5S. The monoisotopic (exact) mass is 273 g/mol. The van der Waals surface area contributed by atoms with Gasteiger partial charge in [-0.15, -0.1) is 11.6 Å². The number of alkyl halides is 1. The fraction of sp³-hybridized carbons (Fsp3) is 0.143. The van der Waals surface area contributed by atoms with Crippen molar-refractivity contribution in [3.63, 3.8) is 0 Å². The van der Waals surface area contributed by atoms with Crippen LogP contribution in [0.15, 0.2) is 23.1 Å². The van der Waals surface area contributed by atoms with Crippen molar-refractivity contribution < 1.29 is 47.5 Å². The van der Waals surface area contributed by atoms with Crippen LogP contribution in [-0.2, 0) is 16.0 Å². The average Bonchev–Trinajstić information content (AvgIpc) is 2.15. The number of nitro benzene ring substituents is 1. The maximum atomic E-state index is 10.7. The zero-order chi connectivity index (χ0) is 11.6. The number of nitro groups is 1. The summed E-state index contributed by atoms with van der Waals surface area (Å²) < 4.78 is 32.2. The molecule has 0 saturated heterocycles. The van der Waals surface area contributed by atoms with Crippen LogP contribution >= 0.6 is 11.6 Å². The SMILES string of the molecule is O=[N+]([O-])c1ccc(CCl)cc1S(=O)(=O)[O-].[Na+]. The van der Waals surface area contributed by atoms with Gasteiger partial charge in [-0.05, 0) is 11.6 Å². The summed E-state index contributed by atoms with van der Waals surface area (Å²) in [7, 11) is -4.86. The summed E-state index contributed by atoms with van der Waals surface area (Å²) in [5.74, 6) is -0.0273. The molecule has 0 N–H and O–H groups in total. The average molecular weight is 274 g/mol. The van der Waals surface area contributed by atoms with Crippen molar-refractivity contribution in [1.29, 1.82) is 0 Å². The Bertz CT molecular complexity index is 503. The molecule has 0 amide bonds. The predicted octanol–water partition coefficient (Wildman–Crippen LogP) is -1.76. The third-order valence-corrected chi connectivity index (χ3v) is 2.82. The normalized spacial score (nSPS) is 10.6. The van der Waals surface area contributed by atoms with Crippen LogP contribution in [0.2, 0.25) is 0 Å². The number of rotatable bonds is 3. The van der Waals surface area contributed by atoms with E-state index in [1.165, 1.54) is 6.07 Å². The van der Waals surface area contributed by atoms with E-state index in [9.17, 15) is 23.1 Å². The van der Waals surface area contributed by atoms with Crippen molar-refractivity contribution in [1.82, 2.24) is 0 Å². The molecule has 0 spiro atoms. The van der Waals surface area contributed by atoms with Crippen LogP contribution in [-0.4, -0.2) is 17.9 Å². The fourth-order valence-electron chi connectivity index (χ4n) is 0.993. The largest absolute Gasteiger partial charge is 1.00 e. The van der Waals surface area contributed by atoms with Crippen LogP contribution < -0.4 is 29.6 Å². The molecule has 0 aliphatic heterocycles. The van der Waals surface area contributed by atoms with Crippen LogP contribution in [0.25, 0.3) is 0 Å². The Balaban J connectivity index is 0.00000225. The topological polar surface area (TPSA) is 100 Å². The van der Waals surface area contributed by atoms with Crippen LogP contribution in [0.5, 0.6) is 0 Å². The first-order chi connectivity index (χ1) is 6.86. The van der Waals surface area contributed by atoms with Gasteiger partial charge in [0.05, 0.1) is 4.92 Å². The molecule has 0 heterocycles. The van der Waals surface area contributed by atoms with Gasteiger partial charge in [0, 0.05) is 11.9 Å². The summed E-state index contributed by atoms with van der Waals surface area (Å²) >= 11 is 5.41.